The summed E-state index contributed by atoms with van der Waals surface area (Å²) < 4.78 is 27.5. The van der Waals surface area contributed by atoms with Crippen molar-refractivity contribution < 1.29 is 8.42 Å². The number of hydrogen-bond donors (Lipinski definition) is 1. The normalized spacial score (nSPS) is 19.1. The summed E-state index contributed by atoms with van der Waals surface area (Å²) in [7, 11) is -3.50. The SMILES string of the molecule is Cc1ccc(S(=O)(=O)N2CCCC2c2cnc(N)c(C)c2)cc1. The molecule has 5 nitrogen and oxygen atoms in total. The van der Waals surface area contributed by atoms with E-state index in [0.29, 0.717) is 17.3 Å². The number of sulfonamides is 1. The van der Waals surface area contributed by atoms with Crippen LogP contribution in [-0.2, 0) is 10.0 Å². The van der Waals surface area contributed by atoms with E-state index in [9.17, 15) is 8.42 Å². The second kappa shape index (κ2) is 5.94. The van der Waals surface area contributed by atoms with E-state index in [1.54, 1.807) is 22.6 Å². The number of nitrogens with zero attached hydrogens (tertiary/aromatic N) is 2. The van der Waals surface area contributed by atoms with Crippen molar-refractivity contribution in [2.45, 2.75) is 37.6 Å². The van der Waals surface area contributed by atoms with Gasteiger partial charge in [0, 0.05) is 12.7 Å². The molecule has 2 aromatic rings. The number of nitrogen functional groups attached to an aromatic ring is 1. The van der Waals surface area contributed by atoms with Gasteiger partial charge in [-0.2, -0.15) is 4.31 Å². The number of rotatable bonds is 3. The van der Waals surface area contributed by atoms with Crippen LogP contribution in [0.3, 0.4) is 0 Å². The number of nitrogens with two attached hydrogens (primary N) is 1. The van der Waals surface area contributed by atoms with Gasteiger partial charge in [0.1, 0.15) is 5.82 Å². The molecular formula is C17H21N3O2S. The first-order valence-corrected chi connectivity index (χ1v) is 9.14. The Bertz CT molecular complexity index is 816. The Labute approximate surface area is 137 Å². The van der Waals surface area contributed by atoms with Gasteiger partial charge in [-0.3, -0.25) is 0 Å². The number of benzene rings is 1. The van der Waals surface area contributed by atoms with E-state index in [0.717, 1.165) is 29.5 Å². The molecule has 0 radical (unpaired) electrons. The first kappa shape index (κ1) is 16.0. The smallest absolute Gasteiger partial charge is 0.243 e. The number of aryl methyl sites for hydroxylation is 2. The molecule has 1 unspecified atom stereocenters. The Kier molecular flexibility index (Phi) is 4.12. The summed E-state index contributed by atoms with van der Waals surface area (Å²) in [6, 6.07) is 8.77. The molecule has 1 saturated heterocycles. The van der Waals surface area contributed by atoms with E-state index in [-0.39, 0.29) is 6.04 Å². The Morgan fingerprint density at radius 1 is 1.22 bits per heavy atom. The summed E-state index contributed by atoms with van der Waals surface area (Å²) in [5, 5.41) is 0. The minimum Gasteiger partial charge on any atom is -0.383 e. The fourth-order valence-electron chi connectivity index (χ4n) is 3.00. The molecule has 2 heterocycles. The summed E-state index contributed by atoms with van der Waals surface area (Å²) in [5.41, 5.74) is 8.60. The van der Waals surface area contributed by atoms with Crippen molar-refractivity contribution in [3.05, 3.63) is 53.2 Å². The van der Waals surface area contributed by atoms with E-state index in [1.807, 2.05) is 32.0 Å². The topological polar surface area (TPSA) is 76.3 Å². The summed E-state index contributed by atoms with van der Waals surface area (Å²) in [6.45, 7) is 4.36. The molecule has 122 valence electrons. The van der Waals surface area contributed by atoms with Crippen molar-refractivity contribution in [3.63, 3.8) is 0 Å². The van der Waals surface area contributed by atoms with Gasteiger partial charge in [0.2, 0.25) is 10.0 Å². The van der Waals surface area contributed by atoms with Gasteiger partial charge in [-0.1, -0.05) is 17.7 Å². The van der Waals surface area contributed by atoms with Crippen LogP contribution in [0, 0.1) is 13.8 Å². The summed E-state index contributed by atoms with van der Waals surface area (Å²) in [5.74, 6) is 0.486. The van der Waals surface area contributed by atoms with Crippen LogP contribution < -0.4 is 5.73 Å². The highest BCUT2D eigenvalue weighted by Crippen LogP contribution is 2.36. The van der Waals surface area contributed by atoms with Gasteiger partial charge >= 0.3 is 0 Å². The van der Waals surface area contributed by atoms with E-state index >= 15 is 0 Å². The molecule has 1 aromatic carbocycles. The average Bonchev–Trinajstić information content (AvgIpc) is 3.01. The van der Waals surface area contributed by atoms with E-state index in [2.05, 4.69) is 4.98 Å². The number of pyridine rings is 1. The van der Waals surface area contributed by atoms with E-state index < -0.39 is 10.0 Å². The molecule has 1 fully saturated rings. The van der Waals surface area contributed by atoms with Gasteiger partial charge in [-0.15, -0.1) is 0 Å². The minimum atomic E-state index is -3.50. The van der Waals surface area contributed by atoms with Crippen molar-refractivity contribution in [2.24, 2.45) is 0 Å². The van der Waals surface area contributed by atoms with Gasteiger partial charge < -0.3 is 5.73 Å². The second-order valence-electron chi connectivity index (χ2n) is 6.06. The zero-order chi connectivity index (χ0) is 16.6. The molecule has 0 spiro atoms. The van der Waals surface area contributed by atoms with Crippen LogP contribution >= 0.6 is 0 Å². The fraction of sp³-hybridized carbons (Fsp3) is 0.353. The standard InChI is InChI=1S/C17H21N3O2S/c1-12-5-7-15(8-6-12)23(21,22)20-9-3-4-16(20)14-10-13(2)17(18)19-11-14/h5-8,10-11,16H,3-4,9H2,1-2H3,(H2,18,19). The minimum absolute atomic E-state index is 0.173. The van der Waals surface area contributed by atoms with Crippen molar-refractivity contribution in [1.29, 1.82) is 0 Å². The number of aromatic nitrogens is 1. The predicted molar refractivity (Wildman–Crippen MR) is 90.4 cm³/mol. The molecular weight excluding hydrogens is 310 g/mol. The molecule has 1 aliphatic heterocycles. The summed E-state index contributed by atoms with van der Waals surface area (Å²) in [6.07, 6.45) is 3.34. The number of hydrogen-bond acceptors (Lipinski definition) is 4. The lowest BCUT2D eigenvalue weighted by atomic mass is 10.1. The van der Waals surface area contributed by atoms with Crippen LogP contribution in [-0.4, -0.2) is 24.3 Å². The Morgan fingerprint density at radius 2 is 1.91 bits per heavy atom. The quantitative estimate of drug-likeness (QED) is 0.938. The fourth-order valence-corrected chi connectivity index (χ4v) is 4.68. The van der Waals surface area contributed by atoms with Crippen molar-refractivity contribution >= 4 is 15.8 Å². The maximum absolute atomic E-state index is 13.0. The van der Waals surface area contributed by atoms with Crippen molar-refractivity contribution in [2.75, 3.05) is 12.3 Å². The number of anilines is 1. The molecule has 0 saturated carbocycles. The molecule has 1 aromatic heterocycles. The highest BCUT2D eigenvalue weighted by atomic mass is 32.2. The van der Waals surface area contributed by atoms with Gasteiger partial charge in [0.05, 0.1) is 10.9 Å². The lowest BCUT2D eigenvalue weighted by Gasteiger charge is -2.24. The van der Waals surface area contributed by atoms with Gasteiger partial charge in [-0.25, -0.2) is 13.4 Å². The molecule has 6 heteroatoms. The third kappa shape index (κ3) is 2.96. The third-order valence-corrected chi connectivity index (χ3v) is 6.28. The summed E-state index contributed by atoms with van der Waals surface area (Å²) in [4.78, 5) is 4.52. The predicted octanol–water partition coefficient (Wildman–Crippen LogP) is 2.81. The molecule has 3 rings (SSSR count). The first-order chi connectivity index (χ1) is 10.9. The molecule has 1 atom stereocenters. The largest absolute Gasteiger partial charge is 0.383 e. The van der Waals surface area contributed by atoms with Crippen LogP contribution in [0.5, 0.6) is 0 Å². The zero-order valence-electron chi connectivity index (χ0n) is 13.4. The molecule has 2 N–H and O–H groups in total. The van der Waals surface area contributed by atoms with E-state index in [1.165, 1.54) is 0 Å². The summed E-state index contributed by atoms with van der Waals surface area (Å²) >= 11 is 0. The third-order valence-electron chi connectivity index (χ3n) is 4.36. The lowest BCUT2D eigenvalue weighted by Crippen LogP contribution is -2.30. The van der Waals surface area contributed by atoms with Gasteiger partial charge in [0.25, 0.3) is 0 Å². The Balaban J connectivity index is 1.97. The molecule has 0 amide bonds. The van der Waals surface area contributed by atoms with Crippen LogP contribution in [0.15, 0.2) is 41.4 Å². The highest BCUT2D eigenvalue weighted by molar-refractivity contribution is 7.89. The van der Waals surface area contributed by atoms with E-state index in [4.69, 9.17) is 5.73 Å². The first-order valence-electron chi connectivity index (χ1n) is 7.70. The average molecular weight is 331 g/mol. The van der Waals surface area contributed by atoms with Crippen LogP contribution in [0.2, 0.25) is 0 Å². The lowest BCUT2D eigenvalue weighted by molar-refractivity contribution is 0.396. The van der Waals surface area contributed by atoms with Gasteiger partial charge in [0.15, 0.2) is 0 Å². The second-order valence-corrected chi connectivity index (χ2v) is 7.95. The molecule has 23 heavy (non-hydrogen) atoms. The van der Waals surface area contributed by atoms with Crippen LogP contribution in [0.25, 0.3) is 0 Å². The highest BCUT2D eigenvalue weighted by Gasteiger charge is 2.36. The van der Waals surface area contributed by atoms with Crippen molar-refractivity contribution in [3.8, 4) is 0 Å². The van der Waals surface area contributed by atoms with Crippen LogP contribution in [0.4, 0.5) is 5.82 Å². The monoisotopic (exact) mass is 331 g/mol. The Hall–Kier alpha value is -1.92. The maximum Gasteiger partial charge on any atom is 0.243 e. The molecule has 0 bridgehead atoms. The molecule has 1 aliphatic rings. The van der Waals surface area contributed by atoms with Crippen molar-refractivity contribution in [1.82, 2.24) is 9.29 Å². The Morgan fingerprint density at radius 3 is 2.57 bits per heavy atom. The zero-order valence-corrected chi connectivity index (χ0v) is 14.2. The maximum atomic E-state index is 13.0. The molecule has 0 aliphatic carbocycles. The van der Waals surface area contributed by atoms with Crippen LogP contribution in [0.1, 0.15) is 35.6 Å². The van der Waals surface area contributed by atoms with Gasteiger partial charge in [-0.05, 0) is 56.0 Å².